The molecule has 7 heteroatoms. The van der Waals surface area contributed by atoms with Gasteiger partial charge < -0.3 is 9.80 Å². The fraction of sp³-hybridized carbons (Fsp3) is 0.360. The summed E-state index contributed by atoms with van der Waals surface area (Å²) < 4.78 is 0. The highest BCUT2D eigenvalue weighted by molar-refractivity contribution is 5.97. The number of fused-ring (bicyclic) bond motifs is 2. The second-order valence-corrected chi connectivity index (χ2v) is 8.90. The molecule has 2 aliphatic rings. The Labute approximate surface area is 187 Å². The molecule has 1 N–H and O–H groups in total. The van der Waals surface area contributed by atoms with Crippen LogP contribution in [0, 0.1) is 18.8 Å². The van der Waals surface area contributed by atoms with E-state index in [0.717, 1.165) is 50.1 Å². The van der Waals surface area contributed by atoms with Crippen molar-refractivity contribution < 1.29 is 9.59 Å². The molecule has 7 nitrogen and oxygen atoms in total. The first kappa shape index (κ1) is 20.4. The van der Waals surface area contributed by atoms with Crippen molar-refractivity contribution in [1.29, 1.82) is 0 Å². The SMILES string of the molecule is Cc1ccc(/C=C/C(=O)N2CCC3CN(C(=O)c4ccc5n[nH]nc5c4)CC3CC2)cc1. The van der Waals surface area contributed by atoms with Crippen LogP contribution in [0.25, 0.3) is 17.1 Å². The van der Waals surface area contributed by atoms with E-state index in [0.29, 0.717) is 22.9 Å². The number of aromatic nitrogens is 3. The van der Waals surface area contributed by atoms with Gasteiger partial charge in [-0.05, 0) is 61.4 Å². The summed E-state index contributed by atoms with van der Waals surface area (Å²) >= 11 is 0. The van der Waals surface area contributed by atoms with E-state index < -0.39 is 0 Å². The summed E-state index contributed by atoms with van der Waals surface area (Å²) in [5, 5.41) is 10.7. The van der Waals surface area contributed by atoms with E-state index >= 15 is 0 Å². The summed E-state index contributed by atoms with van der Waals surface area (Å²) in [7, 11) is 0. The average Bonchev–Trinajstić information content (AvgIpc) is 3.40. The Morgan fingerprint density at radius 2 is 1.62 bits per heavy atom. The van der Waals surface area contributed by atoms with Crippen molar-refractivity contribution in [2.24, 2.45) is 11.8 Å². The van der Waals surface area contributed by atoms with Crippen molar-refractivity contribution in [3.63, 3.8) is 0 Å². The van der Waals surface area contributed by atoms with Crippen LogP contribution in [0.1, 0.15) is 34.3 Å². The fourth-order valence-corrected chi connectivity index (χ4v) is 4.84. The van der Waals surface area contributed by atoms with Crippen LogP contribution in [0.3, 0.4) is 0 Å². The van der Waals surface area contributed by atoms with Crippen LogP contribution < -0.4 is 0 Å². The lowest BCUT2D eigenvalue weighted by molar-refractivity contribution is -0.126. The molecule has 2 unspecified atom stereocenters. The quantitative estimate of drug-likeness (QED) is 0.648. The Bertz CT molecular complexity index is 1150. The number of benzene rings is 2. The molecule has 2 aromatic carbocycles. The summed E-state index contributed by atoms with van der Waals surface area (Å²) in [4.78, 5) is 29.7. The number of likely N-dealkylation sites (tertiary alicyclic amines) is 2. The van der Waals surface area contributed by atoms with Gasteiger partial charge in [0.1, 0.15) is 11.0 Å². The molecule has 2 saturated heterocycles. The Hall–Kier alpha value is -3.48. The van der Waals surface area contributed by atoms with E-state index in [2.05, 4.69) is 22.3 Å². The highest BCUT2D eigenvalue weighted by atomic mass is 16.2. The third kappa shape index (κ3) is 4.15. The second kappa shape index (κ2) is 8.57. The molecular formula is C25H27N5O2. The van der Waals surface area contributed by atoms with Crippen molar-refractivity contribution in [3.8, 4) is 0 Å². The minimum Gasteiger partial charge on any atom is -0.339 e. The zero-order valence-electron chi connectivity index (χ0n) is 18.2. The summed E-state index contributed by atoms with van der Waals surface area (Å²) in [5.74, 6) is 0.999. The van der Waals surface area contributed by atoms with Crippen LogP contribution >= 0.6 is 0 Å². The maximum atomic E-state index is 13.0. The van der Waals surface area contributed by atoms with Gasteiger partial charge in [-0.15, -0.1) is 0 Å². The number of nitrogens with one attached hydrogen (secondary N) is 1. The lowest BCUT2D eigenvalue weighted by atomic mass is 9.92. The molecule has 2 amide bonds. The van der Waals surface area contributed by atoms with Crippen LogP contribution in [-0.4, -0.2) is 63.2 Å². The molecule has 2 fully saturated rings. The summed E-state index contributed by atoms with van der Waals surface area (Å²) in [6.07, 6.45) is 5.43. The van der Waals surface area contributed by atoms with E-state index in [1.54, 1.807) is 12.1 Å². The number of rotatable bonds is 3. The number of amides is 2. The standard InChI is InChI=1S/C25H27N5O2/c1-17-2-4-18(5-3-17)6-9-24(31)29-12-10-20-15-30(16-21(20)11-13-29)25(32)19-7-8-22-23(14-19)27-28-26-22/h2-9,14,20-21H,10-13,15-16H2,1H3,(H,26,27,28)/b9-6+. The van der Waals surface area contributed by atoms with Crippen LogP contribution in [-0.2, 0) is 4.79 Å². The van der Waals surface area contributed by atoms with Crippen molar-refractivity contribution in [2.75, 3.05) is 26.2 Å². The topological polar surface area (TPSA) is 82.2 Å². The molecule has 5 rings (SSSR count). The zero-order valence-corrected chi connectivity index (χ0v) is 18.2. The van der Waals surface area contributed by atoms with E-state index in [-0.39, 0.29) is 11.8 Å². The average molecular weight is 430 g/mol. The molecule has 1 aromatic heterocycles. The van der Waals surface area contributed by atoms with Crippen LogP contribution in [0.4, 0.5) is 0 Å². The number of hydrogen-bond donors (Lipinski definition) is 1. The van der Waals surface area contributed by atoms with Gasteiger partial charge in [0.15, 0.2) is 0 Å². The first-order chi connectivity index (χ1) is 15.6. The summed E-state index contributed by atoms with van der Waals surface area (Å²) in [6.45, 7) is 5.04. The second-order valence-electron chi connectivity index (χ2n) is 8.90. The van der Waals surface area contributed by atoms with Gasteiger partial charge in [0.05, 0.1) is 0 Å². The van der Waals surface area contributed by atoms with Crippen molar-refractivity contribution >= 4 is 28.9 Å². The molecule has 3 heterocycles. The van der Waals surface area contributed by atoms with Crippen LogP contribution in [0.2, 0.25) is 0 Å². The number of H-pyrrole nitrogens is 1. The number of hydrogen-bond acceptors (Lipinski definition) is 4. The van der Waals surface area contributed by atoms with Crippen LogP contribution in [0.15, 0.2) is 48.5 Å². The van der Waals surface area contributed by atoms with E-state index in [1.165, 1.54) is 5.56 Å². The van der Waals surface area contributed by atoms with Gasteiger partial charge >= 0.3 is 0 Å². The molecule has 164 valence electrons. The third-order valence-electron chi connectivity index (χ3n) is 6.77. The molecule has 2 aliphatic heterocycles. The lowest BCUT2D eigenvalue weighted by Crippen LogP contribution is -2.33. The normalized spacial score (nSPS) is 21.2. The number of carbonyl (C=O) groups is 2. The Kier molecular flexibility index (Phi) is 5.47. The molecule has 2 atom stereocenters. The van der Waals surface area contributed by atoms with Gasteiger partial charge in [-0.1, -0.05) is 29.8 Å². The maximum absolute atomic E-state index is 13.0. The van der Waals surface area contributed by atoms with Gasteiger partial charge in [-0.3, -0.25) is 9.59 Å². The van der Waals surface area contributed by atoms with Gasteiger partial charge in [0, 0.05) is 37.8 Å². The first-order valence-electron chi connectivity index (χ1n) is 11.2. The molecule has 32 heavy (non-hydrogen) atoms. The van der Waals surface area contributed by atoms with Gasteiger partial charge in [-0.25, -0.2) is 0 Å². The lowest BCUT2D eigenvalue weighted by Gasteiger charge is -2.21. The predicted octanol–water partition coefficient (Wildman–Crippen LogP) is 3.29. The summed E-state index contributed by atoms with van der Waals surface area (Å²) in [6, 6.07) is 13.6. The molecule has 3 aromatic rings. The molecule has 0 spiro atoms. The molecule has 0 aliphatic carbocycles. The molecule has 0 radical (unpaired) electrons. The zero-order chi connectivity index (χ0) is 22.1. The molecular weight excluding hydrogens is 402 g/mol. The summed E-state index contributed by atoms with van der Waals surface area (Å²) in [5.41, 5.74) is 4.36. The number of carbonyl (C=O) groups excluding carboxylic acids is 2. The predicted molar refractivity (Wildman–Crippen MR) is 123 cm³/mol. The Morgan fingerprint density at radius 1 is 0.938 bits per heavy atom. The number of aryl methyl sites for hydroxylation is 1. The van der Waals surface area contributed by atoms with Crippen molar-refractivity contribution in [2.45, 2.75) is 19.8 Å². The van der Waals surface area contributed by atoms with E-state index in [4.69, 9.17) is 0 Å². The Morgan fingerprint density at radius 3 is 2.34 bits per heavy atom. The largest absolute Gasteiger partial charge is 0.339 e. The fourth-order valence-electron chi connectivity index (χ4n) is 4.84. The monoisotopic (exact) mass is 429 g/mol. The van der Waals surface area contributed by atoms with Crippen molar-refractivity contribution in [3.05, 3.63) is 65.2 Å². The van der Waals surface area contributed by atoms with Crippen molar-refractivity contribution in [1.82, 2.24) is 25.2 Å². The van der Waals surface area contributed by atoms with Gasteiger partial charge in [-0.2, -0.15) is 15.4 Å². The van der Waals surface area contributed by atoms with Gasteiger partial charge in [0.25, 0.3) is 5.91 Å². The molecule has 0 bridgehead atoms. The minimum atomic E-state index is 0.0527. The minimum absolute atomic E-state index is 0.0527. The third-order valence-corrected chi connectivity index (χ3v) is 6.77. The first-order valence-corrected chi connectivity index (χ1v) is 11.2. The molecule has 0 saturated carbocycles. The Balaban J connectivity index is 1.19. The highest BCUT2D eigenvalue weighted by Crippen LogP contribution is 2.33. The maximum Gasteiger partial charge on any atom is 0.253 e. The smallest absolute Gasteiger partial charge is 0.253 e. The number of aromatic amines is 1. The van der Waals surface area contributed by atoms with E-state index in [1.807, 2.05) is 52.3 Å². The van der Waals surface area contributed by atoms with Crippen LogP contribution in [0.5, 0.6) is 0 Å². The number of nitrogens with zero attached hydrogens (tertiary/aromatic N) is 4. The van der Waals surface area contributed by atoms with Gasteiger partial charge in [0.2, 0.25) is 5.91 Å². The highest BCUT2D eigenvalue weighted by Gasteiger charge is 2.37. The van der Waals surface area contributed by atoms with E-state index in [9.17, 15) is 9.59 Å².